The Morgan fingerprint density at radius 1 is 1.09 bits per heavy atom. The maximum absolute atomic E-state index is 12.2. The highest BCUT2D eigenvalue weighted by atomic mass is 16.4. The van der Waals surface area contributed by atoms with Crippen molar-refractivity contribution in [3.63, 3.8) is 0 Å². The first-order chi connectivity index (χ1) is 10.6. The number of furan rings is 1. The van der Waals surface area contributed by atoms with Crippen molar-refractivity contribution in [3.8, 4) is 0 Å². The number of amides is 1. The Morgan fingerprint density at radius 2 is 1.77 bits per heavy atom. The van der Waals surface area contributed by atoms with E-state index in [1.807, 2.05) is 18.2 Å². The van der Waals surface area contributed by atoms with Crippen LogP contribution in [0.1, 0.15) is 64.0 Å². The standard InChI is InChI=1S/C17H17NO4/c1-10-6-7-13(12-5-3-2-4-11(10)12)18-16(19)14-8-9-15(22-14)17(20)21/h2-5,8-10,13H,6-7H2,1H3,(H,18,19)(H,20,21). The number of carboxylic acids is 1. The second-order valence-corrected chi connectivity index (χ2v) is 5.60. The van der Waals surface area contributed by atoms with E-state index in [1.165, 1.54) is 17.7 Å². The molecule has 1 aliphatic carbocycles. The third-order valence-corrected chi connectivity index (χ3v) is 4.14. The molecule has 2 N–H and O–H groups in total. The van der Waals surface area contributed by atoms with Crippen LogP contribution in [0.25, 0.3) is 0 Å². The van der Waals surface area contributed by atoms with Gasteiger partial charge in [0.05, 0.1) is 6.04 Å². The molecule has 0 aliphatic heterocycles. The summed E-state index contributed by atoms with van der Waals surface area (Å²) in [6.45, 7) is 2.18. The molecule has 1 heterocycles. The van der Waals surface area contributed by atoms with E-state index in [1.54, 1.807) is 0 Å². The second-order valence-electron chi connectivity index (χ2n) is 5.60. The zero-order valence-electron chi connectivity index (χ0n) is 12.2. The molecule has 2 atom stereocenters. The summed E-state index contributed by atoms with van der Waals surface area (Å²) in [4.78, 5) is 23.0. The van der Waals surface area contributed by atoms with Crippen LogP contribution < -0.4 is 5.32 Å². The molecule has 1 amide bonds. The molecule has 0 fully saturated rings. The fourth-order valence-corrected chi connectivity index (χ4v) is 2.96. The summed E-state index contributed by atoms with van der Waals surface area (Å²) < 4.78 is 5.05. The van der Waals surface area contributed by atoms with Gasteiger partial charge >= 0.3 is 5.97 Å². The Bertz CT molecular complexity index is 719. The predicted molar refractivity (Wildman–Crippen MR) is 80.0 cm³/mol. The lowest BCUT2D eigenvalue weighted by atomic mass is 9.81. The van der Waals surface area contributed by atoms with Crippen molar-refractivity contribution in [1.82, 2.24) is 5.32 Å². The van der Waals surface area contributed by atoms with Crippen LogP contribution in [0, 0.1) is 0 Å². The molecule has 114 valence electrons. The fraction of sp³-hybridized carbons (Fsp3) is 0.294. The normalized spacial score (nSPS) is 20.2. The number of benzene rings is 1. The van der Waals surface area contributed by atoms with Gasteiger partial charge in [0.2, 0.25) is 5.76 Å². The van der Waals surface area contributed by atoms with Crippen molar-refractivity contribution in [3.05, 3.63) is 59.0 Å². The number of fused-ring (bicyclic) bond motifs is 1. The van der Waals surface area contributed by atoms with Gasteiger partial charge < -0.3 is 14.8 Å². The smallest absolute Gasteiger partial charge is 0.371 e. The van der Waals surface area contributed by atoms with Gasteiger partial charge in [-0.25, -0.2) is 4.79 Å². The van der Waals surface area contributed by atoms with E-state index in [2.05, 4.69) is 18.3 Å². The van der Waals surface area contributed by atoms with Crippen LogP contribution in [0.5, 0.6) is 0 Å². The number of aromatic carboxylic acids is 1. The summed E-state index contributed by atoms with van der Waals surface area (Å²) in [5.41, 5.74) is 2.38. The zero-order chi connectivity index (χ0) is 15.7. The van der Waals surface area contributed by atoms with Gasteiger partial charge in [0.25, 0.3) is 5.91 Å². The lowest BCUT2D eigenvalue weighted by molar-refractivity contribution is 0.0659. The second kappa shape index (κ2) is 5.67. The van der Waals surface area contributed by atoms with Crippen LogP contribution in [-0.2, 0) is 0 Å². The monoisotopic (exact) mass is 299 g/mol. The number of carboxylic acid groups (broad SMARTS) is 1. The van der Waals surface area contributed by atoms with E-state index in [0.29, 0.717) is 5.92 Å². The highest BCUT2D eigenvalue weighted by Gasteiger charge is 2.26. The van der Waals surface area contributed by atoms with Crippen molar-refractivity contribution in [2.24, 2.45) is 0 Å². The van der Waals surface area contributed by atoms with Gasteiger partial charge in [0, 0.05) is 0 Å². The van der Waals surface area contributed by atoms with Gasteiger partial charge in [-0.2, -0.15) is 0 Å². The topological polar surface area (TPSA) is 79.5 Å². The minimum absolute atomic E-state index is 0.0218. The summed E-state index contributed by atoms with van der Waals surface area (Å²) >= 11 is 0. The lowest BCUT2D eigenvalue weighted by Crippen LogP contribution is -2.31. The van der Waals surface area contributed by atoms with E-state index < -0.39 is 5.97 Å². The average molecular weight is 299 g/mol. The summed E-state index contributed by atoms with van der Waals surface area (Å²) in [6, 6.07) is 10.7. The van der Waals surface area contributed by atoms with Crippen LogP contribution in [0.15, 0.2) is 40.8 Å². The first-order valence-electron chi connectivity index (χ1n) is 7.29. The predicted octanol–water partition coefficient (Wildman–Crippen LogP) is 3.35. The number of hydrogen-bond donors (Lipinski definition) is 2. The van der Waals surface area contributed by atoms with E-state index >= 15 is 0 Å². The molecule has 5 nitrogen and oxygen atoms in total. The van der Waals surface area contributed by atoms with Crippen molar-refractivity contribution in [2.45, 2.75) is 31.7 Å². The maximum atomic E-state index is 12.2. The Morgan fingerprint density at radius 3 is 2.45 bits per heavy atom. The van der Waals surface area contributed by atoms with Gasteiger partial charge in [0.15, 0.2) is 5.76 Å². The van der Waals surface area contributed by atoms with Crippen molar-refractivity contribution in [2.75, 3.05) is 0 Å². The average Bonchev–Trinajstić information content (AvgIpc) is 3.01. The quantitative estimate of drug-likeness (QED) is 0.911. The molecule has 0 radical (unpaired) electrons. The largest absolute Gasteiger partial charge is 0.475 e. The zero-order valence-corrected chi connectivity index (χ0v) is 12.2. The highest BCUT2D eigenvalue weighted by Crippen LogP contribution is 2.37. The molecule has 2 unspecified atom stereocenters. The molecule has 1 aromatic carbocycles. The van der Waals surface area contributed by atoms with E-state index in [-0.39, 0.29) is 23.5 Å². The van der Waals surface area contributed by atoms with Gasteiger partial charge in [0.1, 0.15) is 0 Å². The summed E-state index contributed by atoms with van der Waals surface area (Å²) in [6.07, 6.45) is 1.86. The minimum Gasteiger partial charge on any atom is -0.475 e. The van der Waals surface area contributed by atoms with Gasteiger partial charge in [-0.1, -0.05) is 31.2 Å². The molecule has 0 bridgehead atoms. The van der Waals surface area contributed by atoms with Crippen LogP contribution in [0.4, 0.5) is 0 Å². The third kappa shape index (κ3) is 2.62. The highest BCUT2D eigenvalue weighted by molar-refractivity contribution is 5.93. The maximum Gasteiger partial charge on any atom is 0.371 e. The Kier molecular flexibility index (Phi) is 3.71. The third-order valence-electron chi connectivity index (χ3n) is 4.14. The molecule has 0 spiro atoms. The Balaban J connectivity index is 1.80. The van der Waals surface area contributed by atoms with Gasteiger partial charge in [-0.05, 0) is 42.0 Å². The number of carbonyl (C=O) groups is 2. The molecule has 0 saturated heterocycles. The molecular formula is C17H17NO4. The molecule has 5 heteroatoms. The number of nitrogens with one attached hydrogen (secondary N) is 1. The fourth-order valence-electron chi connectivity index (χ4n) is 2.96. The summed E-state index contributed by atoms with van der Waals surface area (Å²) in [7, 11) is 0. The van der Waals surface area contributed by atoms with Crippen LogP contribution >= 0.6 is 0 Å². The van der Waals surface area contributed by atoms with Crippen LogP contribution in [-0.4, -0.2) is 17.0 Å². The molecule has 22 heavy (non-hydrogen) atoms. The number of hydrogen-bond acceptors (Lipinski definition) is 3. The van der Waals surface area contributed by atoms with E-state index in [4.69, 9.17) is 9.52 Å². The SMILES string of the molecule is CC1CCC(NC(=O)c2ccc(C(=O)O)o2)c2ccccc21. The summed E-state index contributed by atoms with van der Waals surface area (Å²) in [5, 5.41) is 11.8. The Labute approximate surface area is 127 Å². The summed E-state index contributed by atoms with van der Waals surface area (Å²) in [5.74, 6) is -1.30. The minimum atomic E-state index is -1.18. The van der Waals surface area contributed by atoms with Crippen LogP contribution in [0.2, 0.25) is 0 Å². The van der Waals surface area contributed by atoms with Gasteiger partial charge in [-0.15, -0.1) is 0 Å². The first-order valence-corrected chi connectivity index (χ1v) is 7.29. The number of rotatable bonds is 3. The first kappa shape index (κ1) is 14.4. The van der Waals surface area contributed by atoms with Crippen LogP contribution in [0.3, 0.4) is 0 Å². The van der Waals surface area contributed by atoms with Gasteiger partial charge in [-0.3, -0.25) is 4.79 Å². The molecular weight excluding hydrogens is 282 g/mol. The number of carbonyl (C=O) groups excluding carboxylic acids is 1. The molecule has 2 aromatic rings. The van der Waals surface area contributed by atoms with E-state index in [0.717, 1.165) is 18.4 Å². The van der Waals surface area contributed by atoms with Crippen molar-refractivity contribution in [1.29, 1.82) is 0 Å². The van der Waals surface area contributed by atoms with E-state index in [9.17, 15) is 9.59 Å². The molecule has 1 aliphatic rings. The molecule has 1 aromatic heterocycles. The van der Waals surface area contributed by atoms with Crippen molar-refractivity contribution < 1.29 is 19.1 Å². The molecule has 3 rings (SSSR count). The Hall–Kier alpha value is -2.56. The lowest BCUT2D eigenvalue weighted by Gasteiger charge is -2.30. The molecule has 0 saturated carbocycles. The van der Waals surface area contributed by atoms with Crippen molar-refractivity contribution >= 4 is 11.9 Å².